The highest BCUT2D eigenvalue weighted by atomic mass is 15.3. The second-order valence-corrected chi connectivity index (χ2v) is 4.76. The van der Waals surface area contributed by atoms with Crippen molar-refractivity contribution in [2.45, 2.75) is 38.8 Å². The third kappa shape index (κ3) is 2.87. The number of aryl methyl sites for hydroxylation is 1. The third-order valence-electron chi connectivity index (χ3n) is 3.75. The average molecular weight is 257 g/mol. The summed E-state index contributed by atoms with van der Waals surface area (Å²) in [7, 11) is 2.03. The molecule has 3 heteroatoms. The van der Waals surface area contributed by atoms with E-state index < -0.39 is 0 Å². The second kappa shape index (κ2) is 6.53. The molecular formula is C16H23N3. The summed E-state index contributed by atoms with van der Waals surface area (Å²) < 4.78 is 2.08. The summed E-state index contributed by atoms with van der Waals surface area (Å²) >= 11 is 0. The molecule has 102 valence electrons. The molecule has 1 aromatic heterocycles. The summed E-state index contributed by atoms with van der Waals surface area (Å²) in [4.78, 5) is 0. The Kier molecular flexibility index (Phi) is 4.74. The largest absolute Gasteiger partial charge is 0.311 e. The maximum absolute atomic E-state index is 4.39. The van der Waals surface area contributed by atoms with E-state index in [1.54, 1.807) is 0 Å². The van der Waals surface area contributed by atoms with Gasteiger partial charge >= 0.3 is 0 Å². The van der Waals surface area contributed by atoms with Crippen LogP contribution < -0.4 is 5.32 Å². The first-order chi connectivity index (χ1) is 9.31. The van der Waals surface area contributed by atoms with E-state index in [0.717, 1.165) is 13.0 Å². The van der Waals surface area contributed by atoms with Gasteiger partial charge in [-0.25, -0.2) is 0 Å². The predicted octanol–water partition coefficient (Wildman–Crippen LogP) is 3.36. The zero-order valence-electron chi connectivity index (χ0n) is 12.0. The monoisotopic (exact) mass is 257 g/mol. The van der Waals surface area contributed by atoms with Crippen LogP contribution in [0.15, 0.2) is 42.6 Å². The van der Waals surface area contributed by atoms with Gasteiger partial charge in [-0.1, -0.05) is 37.3 Å². The molecule has 0 aliphatic carbocycles. The molecule has 2 atom stereocenters. The lowest BCUT2D eigenvalue weighted by Gasteiger charge is -2.27. The number of aromatic nitrogens is 2. The molecule has 0 amide bonds. The molecular weight excluding hydrogens is 234 g/mol. The maximum atomic E-state index is 4.39. The van der Waals surface area contributed by atoms with Gasteiger partial charge in [-0.2, -0.15) is 5.10 Å². The number of nitrogens with one attached hydrogen (secondary N) is 1. The van der Waals surface area contributed by atoms with Crippen LogP contribution in [-0.2, 0) is 6.54 Å². The van der Waals surface area contributed by atoms with E-state index in [4.69, 9.17) is 0 Å². The number of likely N-dealkylation sites (N-methyl/N-ethyl adjacent to an activating group) is 1. The van der Waals surface area contributed by atoms with Crippen molar-refractivity contribution in [3.63, 3.8) is 0 Å². The minimum absolute atomic E-state index is 0.301. The second-order valence-electron chi connectivity index (χ2n) is 4.76. The van der Waals surface area contributed by atoms with Gasteiger partial charge in [0.2, 0.25) is 0 Å². The van der Waals surface area contributed by atoms with Gasteiger partial charge in [0.05, 0.1) is 11.7 Å². The molecule has 0 saturated carbocycles. The molecule has 0 bridgehead atoms. The lowest BCUT2D eigenvalue weighted by atomic mass is 9.87. The number of rotatable bonds is 6. The van der Waals surface area contributed by atoms with E-state index in [1.807, 2.05) is 13.2 Å². The molecule has 2 aromatic rings. The molecule has 3 nitrogen and oxygen atoms in total. The summed E-state index contributed by atoms with van der Waals surface area (Å²) in [6.07, 6.45) is 2.99. The molecule has 0 aliphatic rings. The van der Waals surface area contributed by atoms with E-state index in [2.05, 4.69) is 65.3 Å². The molecule has 0 fully saturated rings. The fourth-order valence-electron chi connectivity index (χ4n) is 2.79. The highest BCUT2D eigenvalue weighted by Crippen LogP contribution is 2.33. The first kappa shape index (κ1) is 13.8. The van der Waals surface area contributed by atoms with Gasteiger partial charge in [0.25, 0.3) is 0 Å². The molecule has 0 radical (unpaired) electrons. The number of benzene rings is 1. The van der Waals surface area contributed by atoms with Crippen molar-refractivity contribution >= 4 is 0 Å². The molecule has 2 unspecified atom stereocenters. The number of nitrogens with zero attached hydrogens (tertiary/aromatic N) is 2. The highest BCUT2D eigenvalue weighted by molar-refractivity contribution is 5.24. The Balaban J connectivity index is 2.34. The first-order valence-corrected chi connectivity index (χ1v) is 7.05. The van der Waals surface area contributed by atoms with Crippen LogP contribution in [-0.4, -0.2) is 16.8 Å². The third-order valence-corrected chi connectivity index (χ3v) is 3.75. The van der Waals surface area contributed by atoms with Crippen molar-refractivity contribution in [1.29, 1.82) is 0 Å². The zero-order valence-corrected chi connectivity index (χ0v) is 12.0. The maximum Gasteiger partial charge on any atom is 0.0559 e. The van der Waals surface area contributed by atoms with Gasteiger partial charge in [0, 0.05) is 18.7 Å². The molecule has 1 aromatic carbocycles. The van der Waals surface area contributed by atoms with Crippen molar-refractivity contribution in [1.82, 2.24) is 15.1 Å². The Morgan fingerprint density at radius 1 is 1.16 bits per heavy atom. The molecule has 1 N–H and O–H groups in total. The Bertz CT molecular complexity index is 490. The van der Waals surface area contributed by atoms with E-state index in [1.165, 1.54) is 11.3 Å². The summed E-state index contributed by atoms with van der Waals surface area (Å²) in [6.45, 7) is 5.28. The van der Waals surface area contributed by atoms with Crippen LogP contribution >= 0.6 is 0 Å². The molecule has 19 heavy (non-hydrogen) atoms. The minimum atomic E-state index is 0.301. The number of hydrogen-bond acceptors (Lipinski definition) is 2. The lowest BCUT2D eigenvalue weighted by Crippen LogP contribution is -2.26. The number of hydrogen-bond donors (Lipinski definition) is 1. The van der Waals surface area contributed by atoms with Crippen molar-refractivity contribution in [3.05, 3.63) is 53.9 Å². The van der Waals surface area contributed by atoms with Gasteiger partial charge in [0.15, 0.2) is 0 Å². The Hall–Kier alpha value is -1.61. The topological polar surface area (TPSA) is 29.9 Å². The van der Waals surface area contributed by atoms with Crippen LogP contribution in [0.3, 0.4) is 0 Å². The minimum Gasteiger partial charge on any atom is -0.311 e. The van der Waals surface area contributed by atoms with Gasteiger partial charge in [-0.3, -0.25) is 4.68 Å². The smallest absolute Gasteiger partial charge is 0.0559 e. The van der Waals surface area contributed by atoms with E-state index in [-0.39, 0.29) is 0 Å². The average Bonchev–Trinajstić information content (AvgIpc) is 2.93. The van der Waals surface area contributed by atoms with Crippen molar-refractivity contribution < 1.29 is 0 Å². The van der Waals surface area contributed by atoms with Crippen LogP contribution in [0.5, 0.6) is 0 Å². The highest BCUT2D eigenvalue weighted by Gasteiger charge is 2.24. The predicted molar refractivity (Wildman–Crippen MR) is 79.2 cm³/mol. The van der Waals surface area contributed by atoms with Gasteiger partial charge < -0.3 is 5.32 Å². The SMILES string of the molecule is CCC(c1ccccc1)C(NC)c1ccnn1CC. The van der Waals surface area contributed by atoms with Crippen LogP contribution in [0.25, 0.3) is 0 Å². The van der Waals surface area contributed by atoms with Crippen molar-refractivity contribution in [3.8, 4) is 0 Å². The summed E-state index contributed by atoms with van der Waals surface area (Å²) in [5.74, 6) is 0.466. The van der Waals surface area contributed by atoms with E-state index in [9.17, 15) is 0 Å². The molecule has 0 spiro atoms. The Morgan fingerprint density at radius 2 is 1.89 bits per heavy atom. The van der Waals surface area contributed by atoms with Crippen LogP contribution in [0.2, 0.25) is 0 Å². The molecule has 0 saturated heterocycles. The van der Waals surface area contributed by atoms with Crippen molar-refractivity contribution in [2.75, 3.05) is 7.05 Å². The van der Waals surface area contributed by atoms with Crippen molar-refractivity contribution in [2.24, 2.45) is 0 Å². The normalized spacial score (nSPS) is 14.3. The summed E-state index contributed by atoms with van der Waals surface area (Å²) in [6, 6.07) is 13.1. The Labute approximate surface area is 115 Å². The zero-order chi connectivity index (χ0) is 13.7. The van der Waals surface area contributed by atoms with Crippen LogP contribution in [0.1, 0.15) is 43.5 Å². The van der Waals surface area contributed by atoms with Gasteiger partial charge in [-0.15, -0.1) is 0 Å². The molecule has 1 heterocycles. The fraction of sp³-hybridized carbons (Fsp3) is 0.438. The Morgan fingerprint density at radius 3 is 2.47 bits per heavy atom. The van der Waals surface area contributed by atoms with Crippen LogP contribution in [0, 0.1) is 0 Å². The fourth-order valence-corrected chi connectivity index (χ4v) is 2.79. The summed E-state index contributed by atoms with van der Waals surface area (Å²) in [5, 5.41) is 7.86. The lowest BCUT2D eigenvalue weighted by molar-refractivity contribution is 0.431. The molecule has 0 aliphatic heterocycles. The summed E-state index contributed by atoms with van der Waals surface area (Å²) in [5.41, 5.74) is 2.65. The van der Waals surface area contributed by atoms with E-state index >= 15 is 0 Å². The van der Waals surface area contributed by atoms with Crippen LogP contribution in [0.4, 0.5) is 0 Å². The van der Waals surface area contributed by atoms with Gasteiger partial charge in [0.1, 0.15) is 0 Å². The van der Waals surface area contributed by atoms with E-state index in [0.29, 0.717) is 12.0 Å². The quantitative estimate of drug-likeness (QED) is 0.860. The van der Waals surface area contributed by atoms with Gasteiger partial charge in [-0.05, 0) is 32.0 Å². The standard InChI is InChI=1S/C16H23N3/c1-4-14(13-9-7-6-8-10-13)16(17-3)15-11-12-18-19(15)5-2/h6-12,14,16-17H,4-5H2,1-3H3. The molecule has 2 rings (SSSR count). The first-order valence-electron chi connectivity index (χ1n) is 7.05.